The van der Waals surface area contributed by atoms with Crippen LogP contribution >= 0.6 is 0 Å². The average Bonchev–Trinajstić information content (AvgIpc) is 3.85. The van der Waals surface area contributed by atoms with Crippen LogP contribution in [0.2, 0.25) is 0 Å². The van der Waals surface area contributed by atoms with E-state index in [2.05, 4.69) is 117 Å². The number of hydrogen-bond acceptors (Lipinski definition) is 5. The van der Waals surface area contributed by atoms with Gasteiger partial charge in [0.05, 0.1) is 0 Å². The normalized spacial score (nSPS) is 13.2. The molecule has 0 aliphatic heterocycles. The van der Waals surface area contributed by atoms with Gasteiger partial charge in [-0.2, -0.15) is 0 Å². The van der Waals surface area contributed by atoms with E-state index in [-0.39, 0.29) is 5.41 Å². The number of furan rings is 2. The van der Waals surface area contributed by atoms with Gasteiger partial charge in [-0.3, -0.25) is 0 Å². The Bertz CT molecular complexity index is 2980. The Morgan fingerprint density at radius 1 is 0.377 bits per heavy atom. The first-order chi connectivity index (χ1) is 26.0. The summed E-state index contributed by atoms with van der Waals surface area (Å²) in [6, 6.07) is 52.6. The first-order valence-corrected chi connectivity index (χ1v) is 17.9. The molecule has 11 rings (SSSR count). The zero-order valence-electron chi connectivity index (χ0n) is 29.1. The van der Waals surface area contributed by atoms with Gasteiger partial charge in [0.2, 0.25) is 0 Å². The van der Waals surface area contributed by atoms with E-state index in [1.54, 1.807) is 0 Å². The minimum Gasteiger partial charge on any atom is -0.456 e. The summed E-state index contributed by atoms with van der Waals surface area (Å²) in [4.78, 5) is 15.4. The van der Waals surface area contributed by atoms with Gasteiger partial charge in [0, 0.05) is 43.7 Å². The van der Waals surface area contributed by atoms with Crippen LogP contribution in [0.5, 0.6) is 0 Å². The second-order valence-corrected chi connectivity index (χ2v) is 14.4. The maximum absolute atomic E-state index is 6.28. The molecule has 53 heavy (non-hydrogen) atoms. The van der Waals surface area contributed by atoms with E-state index in [0.717, 1.165) is 66.1 Å². The molecule has 250 valence electrons. The van der Waals surface area contributed by atoms with E-state index in [1.165, 1.54) is 27.8 Å². The molecule has 0 saturated heterocycles. The van der Waals surface area contributed by atoms with Crippen molar-refractivity contribution in [3.05, 3.63) is 163 Å². The molecule has 0 saturated carbocycles. The lowest BCUT2D eigenvalue weighted by molar-refractivity contribution is 0.660. The second kappa shape index (κ2) is 11.1. The van der Waals surface area contributed by atoms with E-state index < -0.39 is 0 Å². The molecule has 0 unspecified atom stereocenters. The third-order valence-corrected chi connectivity index (χ3v) is 10.9. The molecule has 0 fully saturated rings. The van der Waals surface area contributed by atoms with Crippen molar-refractivity contribution in [1.82, 2.24) is 15.0 Å². The van der Waals surface area contributed by atoms with Gasteiger partial charge >= 0.3 is 0 Å². The third kappa shape index (κ3) is 4.54. The fourth-order valence-corrected chi connectivity index (χ4v) is 8.31. The van der Waals surface area contributed by atoms with E-state index in [4.69, 9.17) is 23.8 Å². The number of benzene rings is 7. The smallest absolute Gasteiger partial charge is 0.164 e. The number of nitrogens with zero attached hydrogens (tertiary/aromatic N) is 3. The van der Waals surface area contributed by atoms with Crippen molar-refractivity contribution >= 4 is 43.9 Å². The minimum atomic E-state index is -0.0839. The third-order valence-electron chi connectivity index (χ3n) is 10.9. The first-order valence-electron chi connectivity index (χ1n) is 17.9. The Hall–Kier alpha value is -6.85. The minimum absolute atomic E-state index is 0.0839. The lowest BCUT2D eigenvalue weighted by atomic mass is 9.82. The molecule has 0 amide bonds. The van der Waals surface area contributed by atoms with Gasteiger partial charge in [0.1, 0.15) is 22.3 Å². The maximum Gasteiger partial charge on any atom is 0.164 e. The Balaban J connectivity index is 1.09. The van der Waals surface area contributed by atoms with Crippen LogP contribution in [0.3, 0.4) is 0 Å². The lowest BCUT2D eigenvalue weighted by Gasteiger charge is -2.21. The van der Waals surface area contributed by atoms with Gasteiger partial charge in [-0.15, -0.1) is 0 Å². The van der Waals surface area contributed by atoms with Crippen molar-refractivity contribution in [3.63, 3.8) is 0 Å². The maximum atomic E-state index is 6.28. The molecule has 1 aliphatic rings. The molecule has 5 nitrogen and oxygen atoms in total. The summed E-state index contributed by atoms with van der Waals surface area (Å²) in [6.45, 7) is 4.63. The van der Waals surface area contributed by atoms with Crippen molar-refractivity contribution in [1.29, 1.82) is 0 Å². The first kappa shape index (κ1) is 29.8. The summed E-state index contributed by atoms with van der Waals surface area (Å²) in [5.41, 5.74) is 13.4. The fraction of sp³-hybridized carbons (Fsp3) is 0.0625. The highest BCUT2D eigenvalue weighted by Crippen LogP contribution is 2.52. The number of aromatic nitrogens is 3. The molecule has 0 N–H and O–H groups in total. The van der Waals surface area contributed by atoms with Crippen LogP contribution in [-0.2, 0) is 5.41 Å². The molecule has 5 heteroatoms. The highest BCUT2D eigenvalue weighted by atomic mass is 16.3. The topological polar surface area (TPSA) is 65.0 Å². The van der Waals surface area contributed by atoms with Gasteiger partial charge in [0.15, 0.2) is 17.5 Å². The second-order valence-electron chi connectivity index (χ2n) is 14.4. The van der Waals surface area contributed by atoms with E-state index in [1.807, 2.05) is 48.5 Å². The molecule has 10 aromatic rings. The predicted molar refractivity (Wildman–Crippen MR) is 214 cm³/mol. The van der Waals surface area contributed by atoms with Crippen molar-refractivity contribution in [2.45, 2.75) is 19.3 Å². The fourth-order valence-electron chi connectivity index (χ4n) is 8.31. The SMILES string of the molecule is CC1(C)c2ccccc2-c2c(-c3cccc(-c4nc(-c5ccc6c(c5)oc5ccccc56)nc(-c5ccc6c(c5)oc5ccccc56)n4)c3)cccc21. The molecule has 3 heterocycles. The van der Waals surface area contributed by atoms with Crippen LogP contribution in [-0.4, -0.2) is 15.0 Å². The Morgan fingerprint density at radius 3 is 1.49 bits per heavy atom. The summed E-state index contributed by atoms with van der Waals surface area (Å²) in [6.07, 6.45) is 0. The molecular formula is C48H31N3O2. The lowest BCUT2D eigenvalue weighted by Crippen LogP contribution is -2.14. The van der Waals surface area contributed by atoms with Gasteiger partial charge < -0.3 is 8.83 Å². The molecule has 0 radical (unpaired) electrons. The van der Waals surface area contributed by atoms with Gasteiger partial charge in [-0.1, -0.05) is 123 Å². The quantitative estimate of drug-likeness (QED) is 0.185. The van der Waals surface area contributed by atoms with Gasteiger partial charge in [-0.25, -0.2) is 15.0 Å². The average molecular weight is 682 g/mol. The van der Waals surface area contributed by atoms with Crippen molar-refractivity contribution in [2.75, 3.05) is 0 Å². The van der Waals surface area contributed by atoms with Crippen LogP contribution in [0, 0.1) is 0 Å². The highest BCUT2D eigenvalue weighted by molar-refractivity contribution is 6.07. The van der Waals surface area contributed by atoms with E-state index in [9.17, 15) is 0 Å². The van der Waals surface area contributed by atoms with Crippen LogP contribution in [0.4, 0.5) is 0 Å². The van der Waals surface area contributed by atoms with Crippen molar-refractivity contribution < 1.29 is 8.83 Å². The number of para-hydroxylation sites is 2. The van der Waals surface area contributed by atoms with Crippen LogP contribution in [0.15, 0.2) is 160 Å². The highest BCUT2D eigenvalue weighted by Gasteiger charge is 2.36. The predicted octanol–water partition coefficient (Wildman–Crippen LogP) is 12.6. The van der Waals surface area contributed by atoms with Crippen molar-refractivity contribution in [3.8, 4) is 56.4 Å². The molecule has 0 atom stereocenters. The van der Waals surface area contributed by atoms with Crippen LogP contribution in [0.25, 0.3) is 100 Å². The molecule has 7 aromatic carbocycles. The van der Waals surface area contributed by atoms with Crippen LogP contribution in [0.1, 0.15) is 25.0 Å². The standard InChI is InChI=1S/C48H31N3O2/c1-48(2)38-17-6-3-15-37(38)44-32(16-10-18-39(44)48)28-11-9-12-29(25-28)45-49-46(30-21-23-35-33-13-4-7-19-40(33)52-42(35)26-30)51-47(50-45)31-22-24-36-34-14-5-8-20-41(34)53-43(36)27-31/h3-27H,1-2H3. The van der Waals surface area contributed by atoms with Crippen LogP contribution < -0.4 is 0 Å². The van der Waals surface area contributed by atoms with E-state index in [0.29, 0.717) is 17.5 Å². The summed E-state index contributed by atoms with van der Waals surface area (Å²) in [5.74, 6) is 1.73. The molecular weight excluding hydrogens is 651 g/mol. The summed E-state index contributed by atoms with van der Waals surface area (Å²) in [5, 5.41) is 4.28. The zero-order valence-corrected chi connectivity index (χ0v) is 29.1. The van der Waals surface area contributed by atoms with E-state index >= 15 is 0 Å². The summed E-state index contributed by atoms with van der Waals surface area (Å²) in [7, 11) is 0. The molecule has 0 spiro atoms. The summed E-state index contributed by atoms with van der Waals surface area (Å²) >= 11 is 0. The largest absolute Gasteiger partial charge is 0.456 e. The Morgan fingerprint density at radius 2 is 0.849 bits per heavy atom. The summed E-state index contributed by atoms with van der Waals surface area (Å²) < 4.78 is 12.6. The Kier molecular flexibility index (Phi) is 6.23. The zero-order chi connectivity index (χ0) is 35.3. The Labute approximate surface area is 305 Å². The molecule has 0 bridgehead atoms. The van der Waals surface area contributed by atoms with Gasteiger partial charge in [0.25, 0.3) is 0 Å². The number of hydrogen-bond donors (Lipinski definition) is 0. The monoisotopic (exact) mass is 681 g/mol. The van der Waals surface area contributed by atoms with Gasteiger partial charge in [-0.05, 0) is 75.8 Å². The molecule has 1 aliphatic carbocycles. The molecule has 3 aromatic heterocycles. The number of rotatable bonds is 4. The van der Waals surface area contributed by atoms with Crippen molar-refractivity contribution in [2.24, 2.45) is 0 Å². The number of fused-ring (bicyclic) bond motifs is 9.